The summed E-state index contributed by atoms with van der Waals surface area (Å²) in [6.07, 6.45) is 0.866. The molecule has 0 bridgehead atoms. The number of anilines is 1. The highest BCUT2D eigenvalue weighted by Crippen LogP contribution is 2.16. The van der Waals surface area contributed by atoms with Crippen molar-refractivity contribution in [2.45, 2.75) is 18.2 Å². The summed E-state index contributed by atoms with van der Waals surface area (Å²) in [4.78, 5) is 25.4. The number of benzene rings is 1. The first-order valence-corrected chi connectivity index (χ1v) is 9.04. The lowest BCUT2D eigenvalue weighted by molar-refractivity contribution is -0.116. The Kier molecular flexibility index (Phi) is 7.56. The van der Waals surface area contributed by atoms with Gasteiger partial charge in [0.1, 0.15) is 0 Å². The lowest BCUT2D eigenvalue weighted by Gasteiger charge is -2.14. The second kappa shape index (κ2) is 9.66. The molecule has 1 heterocycles. The molecule has 0 aliphatic rings. The quantitative estimate of drug-likeness (QED) is 0.338. The van der Waals surface area contributed by atoms with Gasteiger partial charge in [-0.3, -0.25) is 10.1 Å². The number of halogens is 2. The summed E-state index contributed by atoms with van der Waals surface area (Å²) in [6, 6.07) is 7.69. The Hall–Kier alpha value is -1.96. The first-order valence-electron chi connectivity index (χ1n) is 8.16. The third kappa shape index (κ3) is 6.09. The van der Waals surface area contributed by atoms with E-state index in [1.54, 1.807) is 0 Å². The molecular weight excluding hydrogens is 375 g/mol. The molecule has 2 N–H and O–H groups in total. The second-order valence-corrected chi connectivity index (χ2v) is 7.05. The molecule has 1 aromatic carbocycles. The number of fused-ring (bicyclic) bond motifs is 1. The number of aryl methyl sites for hydroxylation is 1. The highest BCUT2D eigenvalue weighted by atomic mass is 35.5. The first kappa shape index (κ1) is 20.4. The number of nitrogens with one attached hydrogen (secondary N) is 2. The molecule has 140 valence electrons. The van der Waals surface area contributed by atoms with Crippen LogP contribution in [-0.4, -0.2) is 58.8 Å². The van der Waals surface area contributed by atoms with Crippen LogP contribution < -0.4 is 10.6 Å². The fraction of sp³-hybridized carbons (Fsp3) is 0.412. The van der Waals surface area contributed by atoms with Gasteiger partial charge in [0.15, 0.2) is 4.84 Å². The predicted molar refractivity (Wildman–Crippen MR) is 107 cm³/mol. The predicted octanol–water partition coefficient (Wildman–Crippen LogP) is 2.58. The van der Waals surface area contributed by atoms with E-state index >= 15 is 0 Å². The molecule has 9 heteroatoms. The van der Waals surface area contributed by atoms with Crippen molar-refractivity contribution < 1.29 is 4.79 Å². The lowest BCUT2D eigenvalue weighted by Crippen LogP contribution is -2.34. The Bertz CT molecular complexity index is 794. The largest absolute Gasteiger partial charge is 0.356 e. The molecule has 0 aliphatic heterocycles. The zero-order valence-electron chi connectivity index (χ0n) is 15.0. The molecule has 0 saturated carbocycles. The molecule has 0 spiro atoms. The summed E-state index contributed by atoms with van der Waals surface area (Å²) in [5.74, 6) is -0.100. The SMILES string of the molecule is Cc1nc(N/C(=N/C(=O)C(Cl)Cl)NCCCN(C)C)nc2ccccc12. The van der Waals surface area contributed by atoms with E-state index in [0.717, 1.165) is 29.6 Å². The molecule has 2 rings (SSSR count). The highest BCUT2D eigenvalue weighted by molar-refractivity contribution is 6.53. The van der Waals surface area contributed by atoms with Gasteiger partial charge in [0, 0.05) is 11.9 Å². The number of alkyl halides is 2. The molecule has 0 aliphatic carbocycles. The van der Waals surface area contributed by atoms with E-state index < -0.39 is 10.7 Å². The molecule has 0 fully saturated rings. The second-order valence-electron chi connectivity index (χ2n) is 5.96. The van der Waals surface area contributed by atoms with Crippen LogP contribution in [0.4, 0.5) is 5.95 Å². The van der Waals surface area contributed by atoms with Crippen LogP contribution in [0.3, 0.4) is 0 Å². The third-order valence-corrected chi connectivity index (χ3v) is 3.88. The van der Waals surface area contributed by atoms with E-state index in [1.807, 2.05) is 45.3 Å². The standard InChI is InChI=1S/C17H22Cl2N6O/c1-11-12-7-4-5-8-13(12)22-17(21-11)24-16(23-15(26)14(18)19)20-9-6-10-25(2)3/h4-5,7-8,14H,6,9-10H2,1-3H3,(H2,20,21,22,23,24,26). The lowest BCUT2D eigenvalue weighted by atomic mass is 10.2. The van der Waals surface area contributed by atoms with Gasteiger partial charge in [-0.15, -0.1) is 0 Å². The van der Waals surface area contributed by atoms with Crippen molar-refractivity contribution >= 4 is 51.9 Å². The Morgan fingerprint density at radius 3 is 2.69 bits per heavy atom. The van der Waals surface area contributed by atoms with E-state index in [9.17, 15) is 4.79 Å². The van der Waals surface area contributed by atoms with Crippen molar-refractivity contribution in [3.05, 3.63) is 30.0 Å². The number of aliphatic imine (C=N–C) groups is 1. The number of para-hydroxylation sites is 1. The van der Waals surface area contributed by atoms with E-state index in [1.165, 1.54) is 0 Å². The fourth-order valence-corrected chi connectivity index (χ4v) is 2.37. The van der Waals surface area contributed by atoms with Crippen molar-refractivity contribution in [1.29, 1.82) is 0 Å². The number of hydrogen-bond acceptors (Lipinski definition) is 4. The summed E-state index contributed by atoms with van der Waals surface area (Å²) in [5.41, 5.74) is 1.62. The number of aromatic nitrogens is 2. The van der Waals surface area contributed by atoms with Crippen LogP contribution >= 0.6 is 23.2 Å². The summed E-state index contributed by atoms with van der Waals surface area (Å²) in [7, 11) is 3.99. The molecule has 0 unspecified atom stereocenters. The number of amides is 1. The van der Waals surface area contributed by atoms with Crippen LogP contribution in [0.5, 0.6) is 0 Å². The number of carbonyl (C=O) groups excluding carboxylic acids is 1. The van der Waals surface area contributed by atoms with Gasteiger partial charge in [0.25, 0.3) is 5.91 Å². The van der Waals surface area contributed by atoms with Gasteiger partial charge in [-0.2, -0.15) is 4.99 Å². The van der Waals surface area contributed by atoms with E-state index in [4.69, 9.17) is 23.2 Å². The van der Waals surface area contributed by atoms with Crippen LogP contribution in [0.25, 0.3) is 10.9 Å². The number of rotatable bonds is 6. The van der Waals surface area contributed by atoms with E-state index in [0.29, 0.717) is 12.5 Å². The molecule has 7 nitrogen and oxygen atoms in total. The molecular formula is C17H22Cl2N6O. The van der Waals surface area contributed by atoms with E-state index in [-0.39, 0.29) is 5.96 Å². The van der Waals surface area contributed by atoms with Crippen LogP contribution in [0.2, 0.25) is 0 Å². The maximum atomic E-state index is 11.8. The van der Waals surface area contributed by atoms with Gasteiger partial charge in [0.05, 0.1) is 11.2 Å². The van der Waals surface area contributed by atoms with Crippen LogP contribution in [0.1, 0.15) is 12.1 Å². The molecule has 1 aromatic heterocycles. The van der Waals surface area contributed by atoms with Crippen LogP contribution in [0.15, 0.2) is 29.3 Å². The van der Waals surface area contributed by atoms with Gasteiger partial charge < -0.3 is 10.2 Å². The van der Waals surface area contributed by atoms with Gasteiger partial charge in [-0.25, -0.2) is 9.97 Å². The van der Waals surface area contributed by atoms with Crippen LogP contribution in [0, 0.1) is 6.92 Å². The van der Waals surface area contributed by atoms with Crippen molar-refractivity contribution in [3.8, 4) is 0 Å². The van der Waals surface area contributed by atoms with Crippen LogP contribution in [-0.2, 0) is 4.79 Å². The Morgan fingerprint density at radius 1 is 1.27 bits per heavy atom. The Balaban J connectivity index is 2.18. The summed E-state index contributed by atoms with van der Waals surface area (Å²) < 4.78 is 0. The molecule has 26 heavy (non-hydrogen) atoms. The molecule has 0 saturated heterocycles. The monoisotopic (exact) mass is 396 g/mol. The zero-order chi connectivity index (χ0) is 19.1. The molecule has 0 radical (unpaired) electrons. The van der Waals surface area contributed by atoms with E-state index in [2.05, 4.69) is 30.5 Å². The first-order chi connectivity index (χ1) is 12.4. The molecule has 2 aromatic rings. The maximum Gasteiger partial charge on any atom is 0.282 e. The molecule has 0 atom stereocenters. The summed E-state index contributed by atoms with van der Waals surface area (Å²) >= 11 is 11.2. The highest BCUT2D eigenvalue weighted by Gasteiger charge is 2.13. The third-order valence-electron chi connectivity index (χ3n) is 3.51. The minimum atomic E-state index is -1.23. The van der Waals surface area contributed by atoms with Gasteiger partial charge in [-0.05, 0) is 40.1 Å². The summed E-state index contributed by atoms with van der Waals surface area (Å²) in [5, 5.41) is 6.99. The van der Waals surface area contributed by atoms with Gasteiger partial charge >= 0.3 is 0 Å². The van der Waals surface area contributed by atoms with Gasteiger partial charge in [0.2, 0.25) is 11.9 Å². The van der Waals surface area contributed by atoms with Crippen molar-refractivity contribution in [1.82, 2.24) is 20.2 Å². The average molecular weight is 397 g/mol. The zero-order valence-corrected chi connectivity index (χ0v) is 16.5. The molecule has 1 amide bonds. The van der Waals surface area contributed by atoms with Crippen molar-refractivity contribution in [2.75, 3.05) is 32.5 Å². The minimum Gasteiger partial charge on any atom is -0.356 e. The fourth-order valence-electron chi connectivity index (χ4n) is 2.27. The topological polar surface area (TPSA) is 82.5 Å². The normalized spacial score (nSPS) is 12.0. The van der Waals surface area contributed by atoms with Gasteiger partial charge in [-0.1, -0.05) is 41.4 Å². The Labute approximate surface area is 162 Å². The Morgan fingerprint density at radius 2 is 2.00 bits per heavy atom. The number of hydrogen-bond donors (Lipinski definition) is 2. The van der Waals surface area contributed by atoms with Crippen molar-refractivity contribution in [3.63, 3.8) is 0 Å². The number of carbonyl (C=O) groups is 1. The average Bonchev–Trinajstić information content (AvgIpc) is 2.58. The minimum absolute atomic E-state index is 0.217. The van der Waals surface area contributed by atoms with Crippen molar-refractivity contribution in [2.24, 2.45) is 4.99 Å². The maximum absolute atomic E-state index is 11.8. The number of nitrogens with zero attached hydrogens (tertiary/aromatic N) is 4. The smallest absolute Gasteiger partial charge is 0.282 e. The number of guanidine groups is 1. The summed E-state index contributed by atoms with van der Waals surface area (Å²) in [6.45, 7) is 3.40.